The van der Waals surface area contributed by atoms with Crippen molar-refractivity contribution in [3.8, 4) is 0 Å². The van der Waals surface area contributed by atoms with Crippen LogP contribution in [0.3, 0.4) is 0 Å². The second-order valence-corrected chi connectivity index (χ2v) is 7.13. The van der Waals surface area contributed by atoms with Gasteiger partial charge in [-0.1, -0.05) is 44.2 Å². The van der Waals surface area contributed by atoms with Gasteiger partial charge in [0.15, 0.2) is 0 Å². The molecule has 0 saturated heterocycles. The number of carbonyl (C=O) groups excluding carboxylic acids is 1. The summed E-state index contributed by atoms with van der Waals surface area (Å²) in [4.78, 5) is 12.1. The summed E-state index contributed by atoms with van der Waals surface area (Å²) >= 11 is 0. The Kier molecular flexibility index (Phi) is 5.63. The fraction of sp³-hybridized carbons (Fsp3) is 0.632. The molecule has 0 spiro atoms. The largest absolute Gasteiger partial charge is 0.459 e. The van der Waals surface area contributed by atoms with Gasteiger partial charge in [-0.2, -0.15) is 0 Å². The maximum atomic E-state index is 12.1. The highest BCUT2D eigenvalue weighted by Gasteiger charge is 2.40. The zero-order valence-corrected chi connectivity index (χ0v) is 13.9. The zero-order chi connectivity index (χ0) is 16.2. The summed E-state index contributed by atoms with van der Waals surface area (Å²) in [6.07, 6.45) is 3.02. The van der Waals surface area contributed by atoms with Crippen molar-refractivity contribution in [2.24, 2.45) is 11.8 Å². The Morgan fingerprint density at radius 1 is 1.36 bits per heavy atom. The van der Waals surface area contributed by atoms with Gasteiger partial charge >= 0.3 is 5.97 Å². The Labute approximate surface area is 133 Å². The number of rotatable bonds is 5. The zero-order valence-electron chi connectivity index (χ0n) is 13.9. The number of hydrogen-bond acceptors (Lipinski definition) is 3. The lowest BCUT2D eigenvalue weighted by atomic mass is 9.73. The molecule has 0 aliphatic heterocycles. The lowest BCUT2D eigenvalue weighted by Crippen LogP contribution is -2.44. The van der Waals surface area contributed by atoms with Gasteiger partial charge in [0.05, 0.1) is 6.10 Å². The molecule has 1 aromatic rings. The molecule has 0 radical (unpaired) electrons. The smallest absolute Gasteiger partial charge is 0.306 e. The van der Waals surface area contributed by atoms with Crippen molar-refractivity contribution in [2.75, 3.05) is 0 Å². The van der Waals surface area contributed by atoms with Gasteiger partial charge in [-0.25, -0.2) is 0 Å². The van der Waals surface area contributed by atoms with Gasteiger partial charge in [-0.15, -0.1) is 0 Å². The van der Waals surface area contributed by atoms with Gasteiger partial charge < -0.3 is 9.84 Å². The van der Waals surface area contributed by atoms with Crippen molar-refractivity contribution in [1.82, 2.24) is 0 Å². The minimum atomic E-state index is -0.515. The number of aliphatic hydroxyl groups excluding tert-OH is 1. The van der Waals surface area contributed by atoms with Gasteiger partial charge in [-0.3, -0.25) is 4.79 Å². The molecule has 22 heavy (non-hydrogen) atoms. The van der Waals surface area contributed by atoms with Crippen molar-refractivity contribution >= 4 is 5.97 Å². The lowest BCUT2D eigenvalue weighted by Gasteiger charge is -2.41. The molecule has 3 nitrogen and oxygen atoms in total. The van der Waals surface area contributed by atoms with Gasteiger partial charge in [0, 0.05) is 12.8 Å². The Morgan fingerprint density at radius 3 is 2.64 bits per heavy atom. The molecule has 1 N–H and O–H groups in total. The molecule has 1 aliphatic carbocycles. The van der Waals surface area contributed by atoms with Crippen LogP contribution in [0.4, 0.5) is 0 Å². The molecule has 2 rings (SSSR count). The third-order valence-electron chi connectivity index (χ3n) is 4.82. The van der Waals surface area contributed by atoms with E-state index in [9.17, 15) is 9.90 Å². The molecular formula is C19H28O3. The van der Waals surface area contributed by atoms with Crippen LogP contribution in [0.15, 0.2) is 30.3 Å². The highest BCUT2D eigenvalue weighted by Crippen LogP contribution is 2.38. The second-order valence-electron chi connectivity index (χ2n) is 7.13. The highest BCUT2D eigenvalue weighted by atomic mass is 16.6. The first-order valence-electron chi connectivity index (χ1n) is 8.33. The van der Waals surface area contributed by atoms with Gasteiger partial charge in [-0.05, 0) is 43.6 Å². The summed E-state index contributed by atoms with van der Waals surface area (Å²) in [5.74, 6) is 0.617. The first-order chi connectivity index (χ1) is 10.4. The average molecular weight is 304 g/mol. The average Bonchev–Trinajstić information content (AvgIpc) is 2.45. The molecule has 3 heteroatoms. The second kappa shape index (κ2) is 7.28. The first kappa shape index (κ1) is 17.0. The summed E-state index contributed by atoms with van der Waals surface area (Å²) < 4.78 is 5.70. The van der Waals surface area contributed by atoms with E-state index in [0.29, 0.717) is 31.1 Å². The van der Waals surface area contributed by atoms with Gasteiger partial charge in [0.25, 0.3) is 0 Å². The van der Waals surface area contributed by atoms with Crippen LogP contribution in [0.1, 0.15) is 52.0 Å². The minimum Gasteiger partial charge on any atom is -0.459 e. The van der Waals surface area contributed by atoms with Crippen molar-refractivity contribution in [2.45, 2.75) is 64.6 Å². The van der Waals surface area contributed by atoms with Crippen LogP contribution in [-0.2, 0) is 16.0 Å². The fourth-order valence-corrected chi connectivity index (χ4v) is 3.45. The number of ether oxygens (including phenoxy) is 1. The molecule has 1 fully saturated rings. The summed E-state index contributed by atoms with van der Waals surface area (Å²) in [5, 5.41) is 10.3. The third kappa shape index (κ3) is 4.57. The topological polar surface area (TPSA) is 46.5 Å². The molecule has 3 atom stereocenters. The molecule has 122 valence electrons. The number of aryl methyl sites for hydroxylation is 1. The normalized spacial score (nSPS) is 28.6. The molecule has 0 unspecified atom stereocenters. The Bertz CT molecular complexity index is 483. The maximum absolute atomic E-state index is 12.1. The Balaban J connectivity index is 1.83. The van der Waals surface area contributed by atoms with Crippen molar-refractivity contribution in [1.29, 1.82) is 0 Å². The number of hydrogen-bond donors (Lipinski definition) is 1. The fourth-order valence-electron chi connectivity index (χ4n) is 3.45. The van der Waals surface area contributed by atoms with E-state index in [1.807, 2.05) is 37.3 Å². The molecule has 0 amide bonds. The summed E-state index contributed by atoms with van der Waals surface area (Å²) in [5.41, 5.74) is 0.631. The van der Waals surface area contributed by atoms with E-state index in [0.717, 1.165) is 18.4 Å². The van der Waals surface area contributed by atoms with Crippen molar-refractivity contribution in [3.05, 3.63) is 35.9 Å². The van der Waals surface area contributed by atoms with Crippen LogP contribution in [0, 0.1) is 11.8 Å². The summed E-state index contributed by atoms with van der Waals surface area (Å²) in [6, 6.07) is 9.97. The van der Waals surface area contributed by atoms with E-state index in [1.165, 1.54) is 0 Å². The monoisotopic (exact) mass is 304 g/mol. The molecule has 1 saturated carbocycles. The van der Waals surface area contributed by atoms with E-state index in [1.54, 1.807) is 0 Å². The number of esters is 1. The predicted molar refractivity (Wildman–Crippen MR) is 87.4 cm³/mol. The van der Waals surface area contributed by atoms with E-state index >= 15 is 0 Å². The van der Waals surface area contributed by atoms with Crippen LogP contribution in [0.2, 0.25) is 0 Å². The summed E-state index contributed by atoms with van der Waals surface area (Å²) in [7, 11) is 0. The van der Waals surface area contributed by atoms with Crippen LogP contribution >= 0.6 is 0 Å². The SMILES string of the molecule is CC(C)[C@@H]1CC[C@@](C)(OC(=O)CCc2ccccc2)C[C@H]1O. The molecule has 0 aromatic heterocycles. The quantitative estimate of drug-likeness (QED) is 0.843. The maximum Gasteiger partial charge on any atom is 0.306 e. The van der Waals surface area contributed by atoms with Crippen LogP contribution in [0.5, 0.6) is 0 Å². The molecule has 0 heterocycles. The van der Waals surface area contributed by atoms with E-state index < -0.39 is 5.60 Å². The molecular weight excluding hydrogens is 276 g/mol. The van der Waals surface area contributed by atoms with Crippen molar-refractivity contribution in [3.63, 3.8) is 0 Å². The molecule has 0 bridgehead atoms. The summed E-state index contributed by atoms with van der Waals surface area (Å²) in [6.45, 7) is 6.23. The van der Waals surface area contributed by atoms with Crippen LogP contribution in [0.25, 0.3) is 0 Å². The van der Waals surface area contributed by atoms with Crippen LogP contribution < -0.4 is 0 Å². The number of benzene rings is 1. The lowest BCUT2D eigenvalue weighted by molar-refractivity contribution is -0.168. The van der Waals surface area contributed by atoms with E-state index in [4.69, 9.17) is 4.74 Å². The Hall–Kier alpha value is -1.35. The number of carbonyl (C=O) groups is 1. The van der Waals surface area contributed by atoms with E-state index in [-0.39, 0.29) is 12.1 Å². The van der Waals surface area contributed by atoms with Crippen molar-refractivity contribution < 1.29 is 14.6 Å². The van der Waals surface area contributed by atoms with E-state index in [2.05, 4.69) is 13.8 Å². The standard InChI is InChI=1S/C19H28O3/c1-14(2)16-11-12-19(3,13-17(16)20)22-18(21)10-9-15-7-5-4-6-8-15/h4-8,14,16-17,20H,9-13H2,1-3H3/t16-,17+,19+/m0/s1. The number of aliphatic hydroxyl groups is 1. The third-order valence-corrected chi connectivity index (χ3v) is 4.82. The first-order valence-corrected chi connectivity index (χ1v) is 8.33. The molecule has 1 aliphatic rings. The predicted octanol–water partition coefficient (Wildman–Crippen LogP) is 3.74. The highest BCUT2D eigenvalue weighted by molar-refractivity contribution is 5.70. The van der Waals surface area contributed by atoms with Gasteiger partial charge in [0.2, 0.25) is 0 Å². The Morgan fingerprint density at radius 2 is 2.05 bits per heavy atom. The molecule has 1 aromatic carbocycles. The minimum absolute atomic E-state index is 0.165. The van der Waals surface area contributed by atoms with Gasteiger partial charge in [0.1, 0.15) is 5.60 Å². The van der Waals surface area contributed by atoms with Crippen LogP contribution in [-0.4, -0.2) is 22.8 Å².